The third-order valence-corrected chi connectivity index (χ3v) is 8.10. The number of pyridine rings is 1. The zero-order valence-corrected chi connectivity index (χ0v) is 25.1. The van der Waals surface area contributed by atoms with Crippen LogP contribution in [0.2, 0.25) is 0 Å². The van der Waals surface area contributed by atoms with E-state index in [4.69, 9.17) is 4.74 Å². The van der Waals surface area contributed by atoms with Gasteiger partial charge in [-0.05, 0) is 91.5 Å². The minimum absolute atomic E-state index is 0.159. The van der Waals surface area contributed by atoms with E-state index in [9.17, 15) is 9.90 Å². The van der Waals surface area contributed by atoms with Crippen LogP contribution >= 0.6 is 0 Å². The molecule has 1 heterocycles. The molecule has 4 nitrogen and oxygen atoms in total. The van der Waals surface area contributed by atoms with Crippen LogP contribution in [0.1, 0.15) is 99.8 Å². The van der Waals surface area contributed by atoms with Gasteiger partial charge < -0.3 is 9.84 Å². The summed E-state index contributed by atoms with van der Waals surface area (Å²) < 4.78 is 5.24. The minimum Gasteiger partial charge on any atom is -0.497 e. The zero-order valence-electron chi connectivity index (χ0n) is 25.1. The van der Waals surface area contributed by atoms with Gasteiger partial charge in [-0.1, -0.05) is 75.6 Å². The van der Waals surface area contributed by atoms with E-state index in [1.165, 1.54) is 11.1 Å². The van der Waals surface area contributed by atoms with E-state index in [0.29, 0.717) is 18.1 Å². The van der Waals surface area contributed by atoms with Crippen LogP contribution in [0.3, 0.4) is 0 Å². The highest BCUT2D eigenvalue weighted by Crippen LogP contribution is 2.32. The summed E-state index contributed by atoms with van der Waals surface area (Å²) in [6.45, 7) is 4.65. The molecule has 0 radical (unpaired) electrons. The maximum Gasteiger partial charge on any atom is 0.135 e. The number of Topliss-reactive ketones (excluding diaryl/α,β-unsaturated/α-hetero) is 1. The normalized spacial score (nSPS) is 13.1. The number of ether oxygens (including phenoxy) is 1. The molecular weight excluding hydrogens is 506 g/mol. The van der Waals surface area contributed by atoms with E-state index in [0.717, 1.165) is 74.7 Å². The molecule has 1 aromatic heterocycles. The first-order valence-corrected chi connectivity index (χ1v) is 15.3. The molecule has 4 heteroatoms. The summed E-state index contributed by atoms with van der Waals surface area (Å²) in [4.78, 5) is 17.3. The predicted octanol–water partition coefficient (Wildman–Crippen LogP) is 8.16. The van der Waals surface area contributed by atoms with Crippen molar-refractivity contribution in [3.05, 3.63) is 95.3 Å². The summed E-state index contributed by atoms with van der Waals surface area (Å²) >= 11 is 0. The smallest absolute Gasteiger partial charge is 0.135 e. The molecule has 3 atom stereocenters. The van der Waals surface area contributed by atoms with Gasteiger partial charge in [-0.15, -0.1) is 0 Å². The maximum atomic E-state index is 13.2. The van der Waals surface area contributed by atoms with Gasteiger partial charge in [0.1, 0.15) is 11.5 Å². The second-order valence-electron chi connectivity index (χ2n) is 11.1. The molecule has 0 fully saturated rings. The second-order valence-corrected chi connectivity index (χ2v) is 11.1. The number of benzene rings is 2. The number of unbranched alkanes of at least 4 members (excludes halogenated alkanes) is 1. The van der Waals surface area contributed by atoms with Gasteiger partial charge in [0.2, 0.25) is 0 Å². The van der Waals surface area contributed by atoms with Crippen molar-refractivity contribution in [3.8, 4) is 17.6 Å². The third kappa shape index (κ3) is 11.2. The Morgan fingerprint density at radius 2 is 1.63 bits per heavy atom. The average Bonchev–Trinajstić information content (AvgIpc) is 3.01. The molecular formula is C37H47NO3. The molecule has 1 N–H and O–H groups in total. The van der Waals surface area contributed by atoms with Crippen LogP contribution in [-0.2, 0) is 11.2 Å². The first-order chi connectivity index (χ1) is 20.0. The van der Waals surface area contributed by atoms with Crippen molar-refractivity contribution in [1.82, 2.24) is 4.98 Å². The lowest BCUT2D eigenvalue weighted by Gasteiger charge is -2.25. The highest BCUT2D eigenvalue weighted by molar-refractivity contribution is 5.80. The fraction of sp³-hybridized carbons (Fsp3) is 0.459. The lowest BCUT2D eigenvalue weighted by atomic mass is 9.80. The third-order valence-electron chi connectivity index (χ3n) is 8.10. The second kappa shape index (κ2) is 18.1. The molecule has 0 amide bonds. The molecule has 0 aliphatic carbocycles. The van der Waals surface area contributed by atoms with Crippen LogP contribution in [0.5, 0.6) is 5.75 Å². The molecule has 2 aromatic carbocycles. The van der Waals surface area contributed by atoms with Crippen molar-refractivity contribution >= 4 is 5.78 Å². The van der Waals surface area contributed by atoms with Crippen LogP contribution in [-0.4, -0.2) is 29.6 Å². The van der Waals surface area contributed by atoms with Gasteiger partial charge in [0.15, 0.2) is 0 Å². The van der Waals surface area contributed by atoms with E-state index in [2.05, 4.69) is 67.1 Å². The highest BCUT2D eigenvalue weighted by atomic mass is 16.5. The number of hydrogen-bond donors (Lipinski definition) is 1. The fourth-order valence-electron chi connectivity index (χ4n) is 5.58. The average molecular weight is 554 g/mol. The maximum absolute atomic E-state index is 13.2. The summed E-state index contributed by atoms with van der Waals surface area (Å²) in [6.07, 6.45) is 13.0. The van der Waals surface area contributed by atoms with Crippen LogP contribution in [0, 0.1) is 23.7 Å². The monoisotopic (exact) mass is 553 g/mol. The molecule has 0 saturated carbocycles. The Bertz CT molecular complexity index is 1210. The number of aryl methyl sites for hydroxylation is 1. The Morgan fingerprint density at radius 3 is 2.29 bits per heavy atom. The molecule has 41 heavy (non-hydrogen) atoms. The van der Waals surface area contributed by atoms with Crippen molar-refractivity contribution in [2.75, 3.05) is 13.7 Å². The van der Waals surface area contributed by atoms with Crippen molar-refractivity contribution in [3.63, 3.8) is 0 Å². The number of carbonyl (C=O) groups is 1. The summed E-state index contributed by atoms with van der Waals surface area (Å²) in [7, 11) is 1.68. The van der Waals surface area contributed by atoms with Gasteiger partial charge in [0, 0.05) is 42.5 Å². The topological polar surface area (TPSA) is 59.4 Å². The SMILES string of the molecule is CCCCC(CCCC(C)[C@H](CCO)c1ccc(C#Cc2cccnc2)cc1)C(=O)CCCc1ccc(OC)cc1. The van der Waals surface area contributed by atoms with E-state index < -0.39 is 0 Å². The van der Waals surface area contributed by atoms with Gasteiger partial charge in [0.25, 0.3) is 0 Å². The van der Waals surface area contributed by atoms with Crippen molar-refractivity contribution in [2.24, 2.45) is 11.8 Å². The number of carbonyl (C=O) groups excluding carboxylic acids is 1. The summed E-state index contributed by atoms with van der Waals surface area (Å²) in [5, 5.41) is 9.81. The lowest BCUT2D eigenvalue weighted by molar-refractivity contribution is -0.123. The standard InChI is InChI=1S/C37H47NO3/c1-4-5-12-34(37(40)14-7-10-30-19-23-35(41-3)24-20-30)13-6-9-29(2)36(25-27-39)33-21-17-31(18-22-33)15-16-32-11-8-26-38-28-32/h8,11,17-24,26,28-29,34,36,39H,4-7,9-10,12-14,25,27H2,1-3H3/t29?,34?,36-/m0/s1. The lowest BCUT2D eigenvalue weighted by Crippen LogP contribution is -2.16. The Labute approximate surface area is 247 Å². The molecule has 0 saturated heterocycles. The Morgan fingerprint density at radius 1 is 0.902 bits per heavy atom. The van der Waals surface area contributed by atoms with Gasteiger partial charge in [0.05, 0.1) is 7.11 Å². The molecule has 0 aliphatic rings. The first-order valence-electron chi connectivity index (χ1n) is 15.3. The zero-order chi connectivity index (χ0) is 29.3. The number of nitrogens with zero attached hydrogens (tertiary/aromatic N) is 1. The van der Waals surface area contributed by atoms with E-state index in [1.807, 2.05) is 24.3 Å². The molecule has 2 unspecified atom stereocenters. The van der Waals surface area contributed by atoms with Gasteiger partial charge in [-0.25, -0.2) is 0 Å². The van der Waals surface area contributed by atoms with E-state index >= 15 is 0 Å². The highest BCUT2D eigenvalue weighted by Gasteiger charge is 2.21. The van der Waals surface area contributed by atoms with Crippen LogP contribution in [0.4, 0.5) is 0 Å². The quantitative estimate of drug-likeness (QED) is 0.171. The van der Waals surface area contributed by atoms with Crippen LogP contribution in [0.25, 0.3) is 0 Å². The molecule has 0 bridgehead atoms. The van der Waals surface area contributed by atoms with Gasteiger partial charge >= 0.3 is 0 Å². The van der Waals surface area contributed by atoms with E-state index in [-0.39, 0.29) is 18.4 Å². The number of aliphatic hydroxyl groups is 1. The van der Waals surface area contributed by atoms with E-state index in [1.54, 1.807) is 19.5 Å². The summed E-state index contributed by atoms with van der Waals surface area (Å²) in [5.41, 5.74) is 4.37. The fourth-order valence-corrected chi connectivity index (χ4v) is 5.58. The number of aromatic nitrogens is 1. The Balaban J connectivity index is 1.51. The van der Waals surface area contributed by atoms with Crippen molar-refractivity contribution < 1.29 is 14.6 Å². The van der Waals surface area contributed by atoms with Crippen LogP contribution < -0.4 is 4.74 Å². The number of hydrogen-bond acceptors (Lipinski definition) is 4. The Kier molecular flexibility index (Phi) is 14.2. The minimum atomic E-state index is 0.159. The molecule has 0 spiro atoms. The molecule has 218 valence electrons. The summed E-state index contributed by atoms with van der Waals surface area (Å²) in [5.74, 6) is 8.53. The summed E-state index contributed by atoms with van der Waals surface area (Å²) in [6, 6.07) is 20.4. The van der Waals surface area contributed by atoms with Crippen molar-refractivity contribution in [2.45, 2.75) is 84.0 Å². The van der Waals surface area contributed by atoms with Gasteiger partial charge in [-0.2, -0.15) is 0 Å². The number of aliphatic hydroxyl groups excluding tert-OH is 1. The number of rotatable bonds is 17. The Hall–Kier alpha value is -3.42. The number of methoxy groups -OCH3 is 1. The molecule has 0 aliphatic heterocycles. The number of ketones is 1. The largest absolute Gasteiger partial charge is 0.497 e. The molecule has 3 aromatic rings. The van der Waals surface area contributed by atoms with Crippen LogP contribution in [0.15, 0.2) is 73.1 Å². The molecule has 3 rings (SSSR count). The van der Waals surface area contributed by atoms with Crippen molar-refractivity contribution in [1.29, 1.82) is 0 Å². The van der Waals surface area contributed by atoms with Gasteiger partial charge in [-0.3, -0.25) is 9.78 Å². The predicted molar refractivity (Wildman–Crippen MR) is 168 cm³/mol. The first kappa shape index (κ1) is 32.1.